The first kappa shape index (κ1) is 16.5. The highest BCUT2D eigenvalue weighted by molar-refractivity contribution is 7.84. The lowest BCUT2D eigenvalue weighted by Crippen LogP contribution is -2.07. The molecule has 0 saturated carbocycles. The van der Waals surface area contributed by atoms with Gasteiger partial charge in [-0.05, 0) is 35.4 Å². The van der Waals surface area contributed by atoms with Gasteiger partial charge in [-0.15, -0.1) is 0 Å². The number of rotatable bonds is 3. The molecule has 0 radical (unpaired) electrons. The molecule has 0 N–H and O–H groups in total. The zero-order chi connectivity index (χ0) is 15.1. The maximum absolute atomic E-state index is 12.9. The molecule has 0 bridgehead atoms. The molecule has 0 amide bonds. The molecule has 0 aliphatic carbocycles. The smallest absolute Gasteiger partial charge is 0.123 e. The van der Waals surface area contributed by atoms with Gasteiger partial charge in [0.15, 0.2) is 0 Å². The third-order valence-electron chi connectivity index (χ3n) is 2.68. The molecule has 1 unspecified atom stereocenters. The molecule has 20 heavy (non-hydrogen) atoms. The van der Waals surface area contributed by atoms with Gasteiger partial charge in [0.2, 0.25) is 0 Å². The second kappa shape index (κ2) is 7.90. The fraction of sp³-hybridized carbons (Fsp3) is 0.250. The van der Waals surface area contributed by atoms with Crippen LogP contribution in [0, 0.1) is 11.6 Å². The summed E-state index contributed by atoms with van der Waals surface area (Å²) in [5.41, 5.74) is 1.51. The van der Waals surface area contributed by atoms with Gasteiger partial charge in [0.05, 0.1) is 5.25 Å². The quantitative estimate of drug-likeness (QED) is 0.817. The van der Waals surface area contributed by atoms with Crippen LogP contribution in [0.5, 0.6) is 0 Å². The molecule has 0 aromatic heterocycles. The first-order chi connectivity index (χ1) is 9.58. The Bertz CT molecular complexity index is 504. The maximum Gasteiger partial charge on any atom is 0.123 e. The number of hydrogen-bond donors (Lipinski definition) is 0. The standard InChI is InChI=1S/C14H12F2OS.C2H6/c1-18(17)14(10-2-6-12(15)7-3-10)11-4-8-13(16)9-5-11;1-2/h2-9,14H,1H3;1-2H3. The Morgan fingerprint density at radius 2 is 1.10 bits per heavy atom. The van der Waals surface area contributed by atoms with E-state index in [0.29, 0.717) is 0 Å². The highest BCUT2D eigenvalue weighted by Crippen LogP contribution is 2.27. The zero-order valence-corrected chi connectivity index (χ0v) is 12.6. The van der Waals surface area contributed by atoms with E-state index in [1.807, 2.05) is 13.8 Å². The second-order valence-corrected chi connectivity index (χ2v) is 5.45. The number of benzene rings is 2. The normalized spacial score (nSPS) is 11.7. The molecule has 2 aromatic rings. The van der Waals surface area contributed by atoms with Crippen molar-refractivity contribution in [1.29, 1.82) is 0 Å². The molecular formula is C16H18F2OS. The summed E-state index contributed by atoms with van der Waals surface area (Å²) in [4.78, 5) is 0. The van der Waals surface area contributed by atoms with Crippen LogP contribution in [-0.2, 0) is 10.8 Å². The monoisotopic (exact) mass is 296 g/mol. The van der Waals surface area contributed by atoms with Gasteiger partial charge in [0, 0.05) is 17.1 Å². The van der Waals surface area contributed by atoms with Crippen molar-refractivity contribution in [3.63, 3.8) is 0 Å². The fourth-order valence-corrected chi connectivity index (χ4v) is 2.93. The molecule has 1 atom stereocenters. The minimum Gasteiger partial charge on any atom is -0.259 e. The van der Waals surface area contributed by atoms with E-state index in [4.69, 9.17) is 0 Å². The van der Waals surface area contributed by atoms with Crippen LogP contribution in [0.25, 0.3) is 0 Å². The van der Waals surface area contributed by atoms with Crippen LogP contribution in [0.2, 0.25) is 0 Å². The lowest BCUT2D eigenvalue weighted by atomic mass is 10.0. The Hall–Kier alpha value is -1.55. The van der Waals surface area contributed by atoms with Crippen LogP contribution in [0.4, 0.5) is 8.78 Å². The van der Waals surface area contributed by atoms with E-state index in [0.717, 1.165) is 11.1 Å². The van der Waals surface area contributed by atoms with Gasteiger partial charge in [0.1, 0.15) is 11.6 Å². The van der Waals surface area contributed by atoms with Crippen molar-refractivity contribution in [2.75, 3.05) is 6.26 Å². The summed E-state index contributed by atoms with van der Waals surface area (Å²) < 4.78 is 37.6. The van der Waals surface area contributed by atoms with Crippen molar-refractivity contribution in [3.05, 3.63) is 71.3 Å². The molecule has 2 aromatic carbocycles. The lowest BCUT2D eigenvalue weighted by Gasteiger charge is -2.15. The highest BCUT2D eigenvalue weighted by Gasteiger charge is 2.18. The number of halogens is 2. The van der Waals surface area contributed by atoms with Crippen LogP contribution in [0.3, 0.4) is 0 Å². The predicted molar refractivity (Wildman–Crippen MR) is 80.1 cm³/mol. The van der Waals surface area contributed by atoms with Crippen molar-refractivity contribution in [2.45, 2.75) is 19.1 Å². The van der Waals surface area contributed by atoms with Crippen molar-refractivity contribution < 1.29 is 13.0 Å². The van der Waals surface area contributed by atoms with Crippen LogP contribution in [0.15, 0.2) is 48.5 Å². The topological polar surface area (TPSA) is 17.1 Å². The van der Waals surface area contributed by atoms with Crippen molar-refractivity contribution in [3.8, 4) is 0 Å². The molecule has 2 rings (SSSR count). The molecule has 1 nitrogen and oxygen atoms in total. The van der Waals surface area contributed by atoms with E-state index in [9.17, 15) is 13.0 Å². The van der Waals surface area contributed by atoms with E-state index in [1.165, 1.54) is 24.3 Å². The maximum atomic E-state index is 12.9. The van der Waals surface area contributed by atoms with Gasteiger partial charge in [-0.1, -0.05) is 38.1 Å². The highest BCUT2D eigenvalue weighted by atomic mass is 32.2. The largest absolute Gasteiger partial charge is 0.259 e. The van der Waals surface area contributed by atoms with E-state index < -0.39 is 10.8 Å². The van der Waals surface area contributed by atoms with E-state index in [1.54, 1.807) is 30.5 Å². The lowest BCUT2D eigenvalue weighted by molar-refractivity contribution is 0.626. The van der Waals surface area contributed by atoms with E-state index >= 15 is 0 Å². The van der Waals surface area contributed by atoms with Crippen LogP contribution < -0.4 is 0 Å². The van der Waals surface area contributed by atoms with Crippen LogP contribution >= 0.6 is 0 Å². The van der Waals surface area contributed by atoms with Crippen LogP contribution in [-0.4, -0.2) is 10.5 Å². The molecule has 0 fully saturated rings. The summed E-state index contributed by atoms with van der Waals surface area (Å²) in [7, 11) is -1.16. The predicted octanol–water partition coefficient (Wildman–Crippen LogP) is 4.46. The number of hydrogen-bond acceptors (Lipinski definition) is 1. The van der Waals surface area contributed by atoms with Gasteiger partial charge in [-0.2, -0.15) is 0 Å². The Balaban J connectivity index is 0.000000956. The van der Waals surface area contributed by atoms with Crippen LogP contribution in [0.1, 0.15) is 30.2 Å². The Morgan fingerprint density at radius 1 is 0.800 bits per heavy atom. The molecular weight excluding hydrogens is 278 g/mol. The molecule has 0 aliphatic heterocycles. The minimum absolute atomic E-state index is 0.335. The van der Waals surface area contributed by atoms with Crippen molar-refractivity contribution in [2.24, 2.45) is 0 Å². The van der Waals surface area contributed by atoms with Gasteiger partial charge < -0.3 is 0 Å². The average Bonchev–Trinajstić information content (AvgIpc) is 2.45. The first-order valence-corrected chi connectivity index (χ1v) is 8.03. The summed E-state index contributed by atoms with van der Waals surface area (Å²) in [5.74, 6) is -0.669. The van der Waals surface area contributed by atoms with Gasteiger partial charge in [-0.25, -0.2) is 8.78 Å². The van der Waals surface area contributed by atoms with Crippen molar-refractivity contribution in [1.82, 2.24) is 0 Å². The minimum atomic E-state index is -1.16. The van der Waals surface area contributed by atoms with Crippen molar-refractivity contribution >= 4 is 10.8 Å². The summed E-state index contributed by atoms with van der Waals surface area (Å²) >= 11 is 0. The Labute approximate surface area is 121 Å². The molecule has 4 heteroatoms. The summed E-state index contributed by atoms with van der Waals surface area (Å²) in [5, 5.41) is -0.369. The summed E-state index contributed by atoms with van der Waals surface area (Å²) in [6, 6.07) is 11.7. The Morgan fingerprint density at radius 3 is 1.35 bits per heavy atom. The fourth-order valence-electron chi connectivity index (χ4n) is 1.85. The van der Waals surface area contributed by atoms with E-state index in [2.05, 4.69) is 0 Å². The van der Waals surface area contributed by atoms with E-state index in [-0.39, 0.29) is 16.9 Å². The molecule has 0 heterocycles. The second-order valence-electron chi connectivity index (χ2n) is 3.98. The molecule has 0 saturated heterocycles. The van der Waals surface area contributed by atoms with Gasteiger partial charge >= 0.3 is 0 Å². The summed E-state index contributed by atoms with van der Waals surface area (Å²) in [6.45, 7) is 4.00. The first-order valence-electron chi connectivity index (χ1n) is 6.41. The molecule has 108 valence electrons. The molecule has 0 aliphatic rings. The summed E-state index contributed by atoms with van der Waals surface area (Å²) in [6.07, 6.45) is 1.58. The molecule has 0 spiro atoms. The Kier molecular flexibility index (Phi) is 6.52. The zero-order valence-electron chi connectivity index (χ0n) is 11.8. The SMILES string of the molecule is CC.CS(=O)C(c1ccc(F)cc1)c1ccc(F)cc1. The van der Waals surface area contributed by atoms with Gasteiger partial charge in [0.25, 0.3) is 0 Å². The third kappa shape index (κ3) is 4.23. The average molecular weight is 296 g/mol. The van der Waals surface area contributed by atoms with Gasteiger partial charge in [-0.3, -0.25) is 4.21 Å². The third-order valence-corrected chi connectivity index (χ3v) is 3.89.